The van der Waals surface area contributed by atoms with Crippen molar-refractivity contribution in [2.75, 3.05) is 25.0 Å². The summed E-state index contributed by atoms with van der Waals surface area (Å²) >= 11 is 5.92. The second kappa shape index (κ2) is 7.34. The Hall–Kier alpha value is -1.56. The smallest absolute Gasteiger partial charge is 0.410 e. The van der Waals surface area contributed by atoms with Crippen LogP contribution in [0.5, 0.6) is 0 Å². The average Bonchev–Trinajstić information content (AvgIpc) is 2.46. The minimum atomic E-state index is -0.485. The van der Waals surface area contributed by atoms with Gasteiger partial charge in [0.1, 0.15) is 10.8 Å². The van der Waals surface area contributed by atoms with Crippen molar-refractivity contribution in [2.24, 2.45) is 0 Å². The number of likely N-dealkylation sites (N-methyl/N-ethyl adjacent to an activating group) is 1. The lowest BCUT2D eigenvalue weighted by atomic mass is 10.0. The molecule has 0 radical (unpaired) electrons. The van der Waals surface area contributed by atoms with Crippen LogP contribution >= 0.6 is 11.6 Å². The molecule has 1 atom stereocenters. The van der Waals surface area contributed by atoms with Gasteiger partial charge in [-0.1, -0.05) is 11.6 Å². The van der Waals surface area contributed by atoms with Gasteiger partial charge in [-0.2, -0.15) is 0 Å². The highest BCUT2D eigenvalue weighted by molar-refractivity contribution is 6.29. The number of hydrogen-bond donors (Lipinski definition) is 0. The van der Waals surface area contributed by atoms with E-state index in [1.807, 2.05) is 37.6 Å². The second-order valence-electron chi connectivity index (χ2n) is 6.88. The highest BCUT2D eigenvalue weighted by atomic mass is 35.5. The molecule has 1 aromatic heterocycles. The summed E-state index contributed by atoms with van der Waals surface area (Å²) in [4.78, 5) is 24.6. The third kappa shape index (κ3) is 5.23. The molecule has 1 aromatic rings. The lowest BCUT2D eigenvalue weighted by Gasteiger charge is -2.38. The van der Waals surface area contributed by atoms with E-state index in [2.05, 4.69) is 9.97 Å². The molecular formula is C16H25ClN4O2. The van der Waals surface area contributed by atoms with Crippen molar-refractivity contribution in [1.82, 2.24) is 14.9 Å². The molecule has 2 heterocycles. The summed E-state index contributed by atoms with van der Waals surface area (Å²) in [5, 5.41) is 0.412. The van der Waals surface area contributed by atoms with Gasteiger partial charge in [-0.3, -0.25) is 0 Å². The van der Waals surface area contributed by atoms with E-state index in [1.165, 1.54) is 0 Å². The predicted molar refractivity (Wildman–Crippen MR) is 90.9 cm³/mol. The molecule has 0 unspecified atom stereocenters. The molecule has 0 bridgehead atoms. The van der Waals surface area contributed by atoms with Crippen LogP contribution in [-0.4, -0.2) is 52.7 Å². The quantitative estimate of drug-likeness (QED) is 0.790. The number of amides is 1. The maximum absolute atomic E-state index is 12.4. The molecular weight excluding hydrogens is 316 g/mol. The zero-order chi connectivity index (χ0) is 17.0. The molecule has 0 aliphatic carbocycles. The fraction of sp³-hybridized carbons (Fsp3) is 0.688. The summed E-state index contributed by atoms with van der Waals surface area (Å²) in [6.07, 6.45) is 4.45. The molecule has 0 spiro atoms. The zero-order valence-corrected chi connectivity index (χ0v) is 15.0. The van der Waals surface area contributed by atoms with E-state index in [-0.39, 0.29) is 12.1 Å². The highest BCUT2D eigenvalue weighted by Crippen LogP contribution is 2.22. The van der Waals surface area contributed by atoms with E-state index in [0.29, 0.717) is 17.6 Å². The van der Waals surface area contributed by atoms with Crippen molar-refractivity contribution >= 4 is 23.6 Å². The molecule has 1 saturated heterocycles. The molecule has 7 heteroatoms. The van der Waals surface area contributed by atoms with Gasteiger partial charge in [-0.05, 0) is 46.1 Å². The van der Waals surface area contributed by atoms with Crippen LogP contribution in [0.3, 0.4) is 0 Å². The SMILES string of the molecule is CN(C[C@H]1CCCCN1C(=O)OC(C)(C)C)c1nccc(Cl)n1. The molecule has 128 valence electrons. The third-order valence-electron chi connectivity index (χ3n) is 3.69. The molecule has 1 aliphatic heterocycles. The number of aromatic nitrogens is 2. The number of rotatable bonds is 3. The number of ether oxygens (including phenoxy) is 1. The molecule has 23 heavy (non-hydrogen) atoms. The summed E-state index contributed by atoms with van der Waals surface area (Å²) in [5.41, 5.74) is -0.485. The molecule has 0 aromatic carbocycles. The third-order valence-corrected chi connectivity index (χ3v) is 3.90. The highest BCUT2D eigenvalue weighted by Gasteiger charge is 2.31. The lowest BCUT2D eigenvalue weighted by Crippen LogP contribution is -2.50. The average molecular weight is 341 g/mol. The van der Waals surface area contributed by atoms with Gasteiger partial charge >= 0.3 is 6.09 Å². The predicted octanol–water partition coefficient (Wildman–Crippen LogP) is 3.36. The van der Waals surface area contributed by atoms with Gasteiger partial charge in [-0.25, -0.2) is 14.8 Å². The van der Waals surface area contributed by atoms with Gasteiger partial charge in [-0.15, -0.1) is 0 Å². The Morgan fingerprint density at radius 1 is 1.48 bits per heavy atom. The minimum absolute atomic E-state index is 0.0891. The van der Waals surface area contributed by atoms with Crippen LogP contribution in [0.2, 0.25) is 5.15 Å². The molecule has 0 N–H and O–H groups in total. The topological polar surface area (TPSA) is 58.6 Å². The van der Waals surface area contributed by atoms with Gasteiger partial charge in [0.15, 0.2) is 0 Å². The monoisotopic (exact) mass is 340 g/mol. The number of halogens is 1. The van der Waals surface area contributed by atoms with E-state index in [9.17, 15) is 4.79 Å². The Kier molecular flexibility index (Phi) is 5.68. The Morgan fingerprint density at radius 3 is 2.87 bits per heavy atom. The molecule has 6 nitrogen and oxygen atoms in total. The van der Waals surface area contributed by atoms with Gasteiger partial charge in [0.25, 0.3) is 0 Å². The van der Waals surface area contributed by atoms with Crippen LogP contribution in [0, 0.1) is 0 Å². The van der Waals surface area contributed by atoms with Crippen molar-refractivity contribution in [2.45, 2.75) is 51.7 Å². The van der Waals surface area contributed by atoms with Crippen LogP contribution in [0.1, 0.15) is 40.0 Å². The Labute approximate surface area is 142 Å². The van der Waals surface area contributed by atoms with E-state index < -0.39 is 5.60 Å². The van der Waals surface area contributed by atoms with Gasteiger partial charge in [0.2, 0.25) is 5.95 Å². The second-order valence-corrected chi connectivity index (χ2v) is 7.27. The van der Waals surface area contributed by atoms with Crippen LogP contribution in [0.4, 0.5) is 10.7 Å². The zero-order valence-electron chi connectivity index (χ0n) is 14.3. The number of piperidine rings is 1. The Balaban J connectivity index is 2.05. The van der Waals surface area contributed by atoms with E-state index in [4.69, 9.17) is 16.3 Å². The van der Waals surface area contributed by atoms with E-state index >= 15 is 0 Å². The Bertz CT molecular complexity index is 547. The van der Waals surface area contributed by atoms with E-state index in [1.54, 1.807) is 12.3 Å². The van der Waals surface area contributed by atoms with Crippen LogP contribution in [0.25, 0.3) is 0 Å². The van der Waals surface area contributed by atoms with Crippen molar-refractivity contribution in [1.29, 1.82) is 0 Å². The minimum Gasteiger partial charge on any atom is -0.444 e. The first-order chi connectivity index (χ1) is 10.8. The van der Waals surface area contributed by atoms with Crippen molar-refractivity contribution in [3.8, 4) is 0 Å². The maximum atomic E-state index is 12.4. The van der Waals surface area contributed by atoms with Crippen LogP contribution < -0.4 is 4.90 Å². The van der Waals surface area contributed by atoms with Gasteiger partial charge in [0, 0.05) is 26.3 Å². The first-order valence-corrected chi connectivity index (χ1v) is 8.33. The fourth-order valence-corrected chi connectivity index (χ4v) is 2.79. The summed E-state index contributed by atoms with van der Waals surface area (Å²) in [5.74, 6) is 0.562. The molecule has 1 fully saturated rings. The number of hydrogen-bond acceptors (Lipinski definition) is 5. The van der Waals surface area contributed by atoms with Gasteiger partial charge < -0.3 is 14.5 Å². The molecule has 1 amide bonds. The first kappa shape index (κ1) is 17.8. The number of anilines is 1. The van der Waals surface area contributed by atoms with Crippen molar-refractivity contribution < 1.29 is 9.53 Å². The first-order valence-electron chi connectivity index (χ1n) is 7.95. The molecule has 1 aliphatic rings. The molecule has 0 saturated carbocycles. The number of carbonyl (C=O) groups is 1. The van der Waals surface area contributed by atoms with Crippen LogP contribution in [-0.2, 0) is 4.74 Å². The van der Waals surface area contributed by atoms with Crippen LogP contribution in [0.15, 0.2) is 12.3 Å². The lowest BCUT2D eigenvalue weighted by molar-refractivity contribution is 0.0108. The van der Waals surface area contributed by atoms with Crippen molar-refractivity contribution in [3.63, 3.8) is 0 Å². The number of carbonyl (C=O) groups excluding carboxylic acids is 1. The van der Waals surface area contributed by atoms with E-state index in [0.717, 1.165) is 25.8 Å². The normalized spacial score (nSPS) is 18.7. The summed E-state index contributed by atoms with van der Waals surface area (Å²) < 4.78 is 5.53. The summed E-state index contributed by atoms with van der Waals surface area (Å²) in [7, 11) is 1.91. The van der Waals surface area contributed by atoms with Crippen molar-refractivity contribution in [3.05, 3.63) is 17.4 Å². The van der Waals surface area contributed by atoms with Gasteiger partial charge in [0.05, 0.1) is 6.04 Å². The Morgan fingerprint density at radius 2 is 2.22 bits per heavy atom. The summed E-state index contributed by atoms with van der Waals surface area (Å²) in [6.45, 7) is 7.03. The number of likely N-dealkylation sites (tertiary alicyclic amines) is 1. The fourth-order valence-electron chi connectivity index (χ4n) is 2.66. The largest absolute Gasteiger partial charge is 0.444 e. The maximum Gasteiger partial charge on any atom is 0.410 e. The summed E-state index contributed by atoms with van der Waals surface area (Å²) in [6, 6.07) is 1.73. The standard InChI is InChI=1S/C16H25ClN4O2/c1-16(2,3)23-15(22)21-10-6-5-7-12(21)11-20(4)14-18-9-8-13(17)19-14/h8-9,12H,5-7,10-11H2,1-4H3/t12-/m1/s1. The number of nitrogens with zero attached hydrogens (tertiary/aromatic N) is 4. The molecule has 2 rings (SSSR count).